The second kappa shape index (κ2) is 36.7. The van der Waals surface area contributed by atoms with Crippen LogP contribution in [0.2, 0.25) is 0 Å². The van der Waals surface area contributed by atoms with Gasteiger partial charge in [0.15, 0.2) is 6.10 Å². The van der Waals surface area contributed by atoms with Gasteiger partial charge in [0.1, 0.15) is 6.61 Å². The average molecular weight is 806 g/mol. The summed E-state index contributed by atoms with van der Waals surface area (Å²) in [6.45, 7) is 3.54. The van der Waals surface area contributed by atoms with Crippen LogP contribution in [-0.4, -0.2) is 61.5 Å². The highest BCUT2D eigenvalue weighted by molar-refractivity contribution is 7.47. The highest BCUT2D eigenvalue weighted by Gasteiger charge is 2.36. The van der Waals surface area contributed by atoms with Crippen LogP contribution in [0.1, 0.15) is 155 Å². The number of epoxide rings is 1. The summed E-state index contributed by atoms with van der Waals surface area (Å²) < 4.78 is 38.4. The molecular formula is C45H76NO9P. The van der Waals surface area contributed by atoms with Gasteiger partial charge in [-0.2, -0.15) is 0 Å². The molecule has 0 aromatic heterocycles. The Labute approximate surface area is 339 Å². The van der Waals surface area contributed by atoms with Gasteiger partial charge in [-0.3, -0.25) is 18.6 Å². The normalized spacial score (nSPS) is 17.6. The van der Waals surface area contributed by atoms with Crippen molar-refractivity contribution in [2.45, 2.75) is 173 Å². The van der Waals surface area contributed by atoms with E-state index in [-0.39, 0.29) is 32.6 Å². The van der Waals surface area contributed by atoms with Crippen molar-refractivity contribution in [3.63, 3.8) is 0 Å². The molecule has 320 valence electrons. The Balaban J connectivity index is 2.25. The molecule has 0 aliphatic carbocycles. The SMILES string of the molecule is CCCCC/C=C\C/C=C\C/C=C\C/C=C\C/C=C\CCC(=O)O[C@H](COC(=O)CCCCCCC/C=C\CC1OC1CCCCC)COP(=O)(O)OCCN. The third-order valence-corrected chi connectivity index (χ3v) is 9.99. The molecule has 10 nitrogen and oxygen atoms in total. The van der Waals surface area contributed by atoms with Gasteiger partial charge in [0, 0.05) is 19.4 Å². The maximum Gasteiger partial charge on any atom is 0.472 e. The van der Waals surface area contributed by atoms with Gasteiger partial charge in [-0.15, -0.1) is 0 Å². The summed E-state index contributed by atoms with van der Waals surface area (Å²) in [5.74, 6) is -0.953. The third kappa shape index (κ3) is 33.5. The molecule has 56 heavy (non-hydrogen) atoms. The molecule has 0 amide bonds. The first kappa shape index (κ1) is 51.4. The van der Waals surface area contributed by atoms with E-state index in [0.717, 1.165) is 64.2 Å². The Morgan fingerprint density at radius 3 is 1.84 bits per heavy atom. The van der Waals surface area contributed by atoms with E-state index in [1.165, 1.54) is 51.4 Å². The first-order valence-corrected chi connectivity index (χ1v) is 23.0. The molecule has 1 fully saturated rings. The fourth-order valence-electron chi connectivity index (χ4n) is 5.68. The number of allylic oxidation sites excluding steroid dienone is 11. The molecule has 0 aromatic rings. The Morgan fingerprint density at radius 1 is 0.643 bits per heavy atom. The summed E-state index contributed by atoms with van der Waals surface area (Å²) in [4.78, 5) is 34.8. The minimum absolute atomic E-state index is 0.0345. The predicted molar refractivity (Wildman–Crippen MR) is 228 cm³/mol. The van der Waals surface area contributed by atoms with Gasteiger partial charge < -0.3 is 24.8 Å². The van der Waals surface area contributed by atoms with Gasteiger partial charge in [0.05, 0.1) is 25.4 Å². The molecule has 11 heteroatoms. The molecule has 3 N–H and O–H groups in total. The van der Waals surface area contributed by atoms with E-state index >= 15 is 0 Å². The molecule has 0 saturated carbocycles. The number of esters is 2. The lowest BCUT2D eigenvalue weighted by Crippen LogP contribution is -2.29. The number of carbonyl (C=O) groups is 2. The predicted octanol–water partition coefficient (Wildman–Crippen LogP) is 11.3. The molecule has 1 rings (SSSR count). The van der Waals surface area contributed by atoms with Gasteiger partial charge >= 0.3 is 19.8 Å². The molecule has 0 bridgehead atoms. The Bertz CT molecular complexity index is 1210. The smallest absolute Gasteiger partial charge is 0.462 e. The highest BCUT2D eigenvalue weighted by Crippen LogP contribution is 2.43. The minimum atomic E-state index is -4.41. The number of nitrogens with two attached hydrogens (primary N) is 1. The molecular weight excluding hydrogens is 729 g/mol. The van der Waals surface area contributed by atoms with E-state index in [1.807, 2.05) is 12.2 Å². The number of unbranched alkanes of at least 4 members (excludes halogenated alkanes) is 10. The van der Waals surface area contributed by atoms with Crippen LogP contribution in [0.25, 0.3) is 0 Å². The Kier molecular flexibility index (Phi) is 33.7. The van der Waals surface area contributed by atoms with E-state index in [4.69, 9.17) is 29.0 Å². The first-order chi connectivity index (χ1) is 27.3. The number of rotatable bonds is 38. The summed E-state index contributed by atoms with van der Waals surface area (Å²) in [6, 6.07) is 0. The van der Waals surface area contributed by atoms with Crippen molar-refractivity contribution in [3.8, 4) is 0 Å². The maximum atomic E-state index is 12.6. The molecule has 3 unspecified atom stereocenters. The van der Waals surface area contributed by atoms with Crippen LogP contribution < -0.4 is 5.73 Å². The van der Waals surface area contributed by atoms with Gasteiger partial charge in [-0.1, -0.05) is 138 Å². The summed E-state index contributed by atoms with van der Waals surface area (Å²) in [5.41, 5.74) is 5.34. The number of phosphoric acid groups is 1. The number of hydrogen-bond acceptors (Lipinski definition) is 9. The summed E-state index contributed by atoms with van der Waals surface area (Å²) >= 11 is 0. The van der Waals surface area contributed by atoms with Crippen LogP contribution in [0.15, 0.2) is 72.9 Å². The van der Waals surface area contributed by atoms with Crippen LogP contribution >= 0.6 is 7.82 Å². The van der Waals surface area contributed by atoms with Gasteiger partial charge in [-0.05, 0) is 77.0 Å². The summed E-state index contributed by atoms with van der Waals surface area (Å²) in [7, 11) is -4.41. The summed E-state index contributed by atoms with van der Waals surface area (Å²) in [5, 5.41) is 0. The summed E-state index contributed by atoms with van der Waals surface area (Å²) in [6.07, 6.45) is 46.9. The van der Waals surface area contributed by atoms with Crippen LogP contribution in [0.4, 0.5) is 0 Å². The number of phosphoric ester groups is 1. The standard InChI is InChI=1S/C45H76NO9P/c1-3-5-7-8-9-10-11-12-13-14-15-16-17-18-19-20-25-28-32-36-45(48)54-41(40-53-56(49,50)52-38-37-46)39-51-44(47)35-31-27-24-22-21-23-26-30-34-43-42(55-43)33-29-6-4-2/h9-10,12-13,15-16,18-19,25-26,28,30,41-43H,3-8,11,14,17,20-24,27,29,31-40,46H2,1-2H3,(H,49,50)/b10-9-,13-12-,16-15-,19-18-,28-25-,30-26-/t41-,42?,43?/m1/s1. The van der Waals surface area contributed by atoms with Crippen molar-refractivity contribution in [2.75, 3.05) is 26.4 Å². The number of hydrogen-bond donors (Lipinski definition) is 2. The fraction of sp³-hybridized carbons (Fsp3) is 0.689. The molecule has 4 atom stereocenters. The zero-order chi connectivity index (χ0) is 40.8. The molecule has 0 radical (unpaired) electrons. The second-order valence-electron chi connectivity index (χ2n) is 14.2. The lowest BCUT2D eigenvalue weighted by molar-refractivity contribution is -0.161. The van der Waals surface area contributed by atoms with Gasteiger partial charge in [0.2, 0.25) is 0 Å². The lowest BCUT2D eigenvalue weighted by Gasteiger charge is -2.19. The zero-order valence-electron chi connectivity index (χ0n) is 34.8. The minimum Gasteiger partial charge on any atom is -0.462 e. The lowest BCUT2D eigenvalue weighted by atomic mass is 10.1. The van der Waals surface area contributed by atoms with E-state index in [0.29, 0.717) is 25.0 Å². The van der Waals surface area contributed by atoms with Crippen molar-refractivity contribution in [1.29, 1.82) is 0 Å². The van der Waals surface area contributed by atoms with Crippen LogP contribution in [-0.2, 0) is 37.4 Å². The molecule has 0 aromatic carbocycles. The monoisotopic (exact) mass is 806 g/mol. The Hall–Kier alpha value is -2.59. The number of carbonyl (C=O) groups excluding carboxylic acids is 2. The topological polar surface area (TPSA) is 147 Å². The van der Waals surface area contributed by atoms with E-state index < -0.39 is 32.5 Å². The molecule has 1 aliphatic heterocycles. The quantitative estimate of drug-likeness (QED) is 0.0203. The van der Waals surface area contributed by atoms with Crippen molar-refractivity contribution in [3.05, 3.63) is 72.9 Å². The maximum absolute atomic E-state index is 12.6. The fourth-order valence-corrected chi connectivity index (χ4v) is 6.45. The number of ether oxygens (including phenoxy) is 3. The highest BCUT2D eigenvalue weighted by atomic mass is 31.2. The van der Waals surface area contributed by atoms with Crippen molar-refractivity contribution in [1.82, 2.24) is 0 Å². The van der Waals surface area contributed by atoms with Crippen molar-refractivity contribution in [2.24, 2.45) is 5.73 Å². The van der Waals surface area contributed by atoms with Crippen molar-refractivity contribution < 1.29 is 42.3 Å². The van der Waals surface area contributed by atoms with Crippen LogP contribution in [0.5, 0.6) is 0 Å². The van der Waals surface area contributed by atoms with Crippen molar-refractivity contribution >= 4 is 19.8 Å². The third-order valence-electron chi connectivity index (χ3n) is 9.00. The zero-order valence-corrected chi connectivity index (χ0v) is 35.7. The van der Waals surface area contributed by atoms with Gasteiger partial charge in [-0.25, -0.2) is 4.57 Å². The van der Waals surface area contributed by atoms with Crippen LogP contribution in [0.3, 0.4) is 0 Å². The Morgan fingerprint density at radius 2 is 1.20 bits per heavy atom. The molecule has 1 heterocycles. The van der Waals surface area contributed by atoms with E-state index in [1.54, 1.807) is 0 Å². The average Bonchev–Trinajstić information content (AvgIpc) is 3.94. The van der Waals surface area contributed by atoms with Gasteiger partial charge in [0.25, 0.3) is 0 Å². The second-order valence-corrected chi connectivity index (χ2v) is 15.7. The van der Waals surface area contributed by atoms with E-state index in [2.05, 4.69) is 74.6 Å². The molecule has 1 aliphatic rings. The molecule has 1 saturated heterocycles. The first-order valence-electron chi connectivity index (χ1n) is 21.5. The molecule has 0 spiro atoms. The largest absolute Gasteiger partial charge is 0.472 e. The van der Waals surface area contributed by atoms with E-state index in [9.17, 15) is 19.0 Å². The van der Waals surface area contributed by atoms with Crippen LogP contribution in [0, 0.1) is 0 Å².